The zero-order chi connectivity index (χ0) is 49.3. The van der Waals surface area contributed by atoms with Crippen molar-refractivity contribution in [3.63, 3.8) is 0 Å². The number of rotatable bonds is 55. The van der Waals surface area contributed by atoms with Crippen LogP contribution in [-0.2, 0) is 28.6 Å². The van der Waals surface area contributed by atoms with E-state index >= 15 is 0 Å². The van der Waals surface area contributed by atoms with Crippen LogP contribution in [0.5, 0.6) is 0 Å². The molecule has 0 amide bonds. The normalized spacial score (nSPS) is 12.2. The molecule has 0 aliphatic rings. The fourth-order valence-electron chi connectivity index (χ4n) is 8.78. The second-order valence-electron chi connectivity index (χ2n) is 20.2. The number of hydrogen-bond acceptors (Lipinski definition) is 6. The van der Waals surface area contributed by atoms with Crippen LogP contribution in [0.3, 0.4) is 0 Å². The number of unbranched alkanes of at least 4 members (excludes halogenated alkanes) is 38. The van der Waals surface area contributed by atoms with E-state index in [9.17, 15) is 14.4 Å². The molecule has 0 aliphatic carbocycles. The number of carbonyl (C=O) groups is 3. The summed E-state index contributed by atoms with van der Waals surface area (Å²) in [5.41, 5.74) is 0. The van der Waals surface area contributed by atoms with Crippen LogP contribution in [0, 0.1) is 0 Å². The Hall–Kier alpha value is -2.37. The molecule has 0 aliphatic heterocycles. The summed E-state index contributed by atoms with van der Waals surface area (Å²) in [6.07, 6.45) is 68.5. The molecule has 68 heavy (non-hydrogen) atoms. The van der Waals surface area contributed by atoms with Crippen molar-refractivity contribution in [2.75, 3.05) is 13.2 Å². The molecule has 0 aromatic rings. The summed E-state index contributed by atoms with van der Waals surface area (Å²) in [4.78, 5) is 38.2. The van der Waals surface area contributed by atoms with Gasteiger partial charge in [-0.1, -0.05) is 243 Å². The molecule has 6 nitrogen and oxygen atoms in total. The fourth-order valence-corrected chi connectivity index (χ4v) is 8.78. The smallest absolute Gasteiger partial charge is 0.306 e. The van der Waals surface area contributed by atoms with Gasteiger partial charge in [-0.2, -0.15) is 0 Å². The Morgan fingerprint density at radius 1 is 0.279 bits per heavy atom. The average molecular weight is 956 g/mol. The summed E-state index contributed by atoms with van der Waals surface area (Å²) in [5, 5.41) is 0. The van der Waals surface area contributed by atoms with Crippen molar-refractivity contribution < 1.29 is 28.6 Å². The summed E-state index contributed by atoms with van der Waals surface area (Å²) in [5.74, 6) is -0.887. The summed E-state index contributed by atoms with van der Waals surface area (Å²) in [6, 6.07) is 0. The van der Waals surface area contributed by atoms with Gasteiger partial charge in [0.25, 0.3) is 0 Å². The van der Waals surface area contributed by atoms with Crippen LogP contribution in [0.4, 0.5) is 0 Å². The average Bonchev–Trinajstić information content (AvgIpc) is 3.34. The SMILES string of the molecule is CCCCCCCCC/C=C\CCCCCCCC(=O)OCC(COC(=O)CCCCCCC/C=C\CCCCCCCCCCC)OC(=O)CCCCCCC/C=C\CCCCCCCCC. The summed E-state index contributed by atoms with van der Waals surface area (Å²) in [7, 11) is 0. The molecule has 0 radical (unpaired) electrons. The van der Waals surface area contributed by atoms with E-state index < -0.39 is 6.10 Å². The summed E-state index contributed by atoms with van der Waals surface area (Å²) in [6.45, 7) is 6.66. The van der Waals surface area contributed by atoms with E-state index in [0.717, 1.165) is 77.0 Å². The van der Waals surface area contributed by atoms with Gasteiger partial charge in [0.1, 0.15) is 13.2 Å². The third-order valence-electron chi connectivity index (χ3n) is 13.3. The lowest BCUT2D eigenvalue weighted by atomic mass is 10.1. The molecule has 398 valence electrons. The van der Waals surface area contributed by atoms with Gasteiger partial charge in [-0.25, -0.2) is 0 Å². The lowest BCUT2D eigenvalue weighted by Gasteiger charge is -2.18. The molecule has 0 bridgehead atoms. The monoisotopic (exact) mass is 955 g/mol. The van der Waals surface area contributed by atoms with Gasteiger partial charge in [0, 0.05) is 19.3 Å². The van der Waals surface area contributed by atoms with Gasteiger partial charge in [0.15, 0.2) is 6.10 Å². The molecule has 0 aromatic heterocycles. The van der Waals surface area contributed by atoms with Crippen LogP contribution in [0.2, 0.25) is 0 Å². The number of carbonyl (C=O) groups excluding carboxylic acids is 3. The largest absolute Gasteiger partial charge is 0.462 e. The van der Waals surface area contributed by atoms with Crippen LogP contribution < -0.4 is 0 Å². The number of ether oxygens (including phenoxy) is 3. The van der Waals surface area contributed by atoms with Crippen molar-refractivity contribution in [1.29, 1.82) is 0 Å². The van der Waals surface area contributed by atoms with Crippen LogP contribution in [0.15, 0.2) is 36.5 Å². The van der Waals surface area contributed by atoms with Crippen LogP contribution in [0.25, 0.3) is 0 Å². The predicted molar refractivity (Wildman–Crippen MR) is 293 cm³/mol. The Kier molecular flexibility index (Phi) is 55.2. The number of hydrogen-bond donors (Lipinski definition) is 0. The minimum atomic E-state index is -0.782. The third kappa shape index (κ3) is 54.6. The maximum absolute atomic E-state index is 12.9. The lowest BCUT2D eigenvalue weighted by Crippen LogP contribution is -2.30. The van der Waals surface area contributed by atoms with Crippen molar-refractivity contribution in [3.05, 3.63) is 36.5 Å². The second-order valence-corrected chi connectivity index (χ2v) is 20.2. The fraction of sp³-hybridized carbons (Fsp3) is 0.855. The van der Waals surface area contributed by atoms with Crippen LogP contribution >= 0.6 is 0 Å². The molecule has 0 aromatic carbocycles. The number of allylic oxidation sites excluding steroid dienone is 6. The molecule has 1 atom stereocenters. The molecule has 6 heteroatoms. The van der Waals surface area contributed by atoms with Crippen LogP contribution in [-0.4, -0.2) is 37.2 Å². The van der Waals surface area contributed by atoms with E-state index in [0.29, 0.717) is 19.3 Å². The molecule has 0 rings (SSSR count). The summed E-state index contributed by atoms with van der Waals surface area (Å²) < 4.78 is 16.9. The molecule has 0 N–H and O–H groups in total. The Morgan fingerprint density at radius 3 is 0.735 bits per heavy atom. The molecule has 0 spiro atoms. The zero-order valence-electron chi connectivity index (χ0n) is 45.6. The van der Waals surface area contributed by atoms with E-state index in [1.54, 1.807) is 0 Å². The molecule has 0 fully saturated rings. The highest BCUT2D eigenvalue weighted by molar-refractivity contribution is 5.71. The lowest BCUT2D eigenvalue weighted by molar-refractivity contribution is -0.167. The Bertz CT molecular complexity index is 1140. The predicted octanol–water partition coefficient (Wildman–Crippen LogP) is 20.0. The maximum Gasteiger partial charge on any atom is 0.306 e. The van der Waals surface area contributed by atoms with Gasteiger partial charge >= 0.3 is 17.9 Å². The molecular formula is C62H114O6. The third-order valence-corrected chi connectivity index (χ3v) is 13.3. The van der Waals surface area contributed by atoms with E-state index in [-0.39, 0.29) is 31.1 Å². The summed E-state index contributed by atoms with van der Waals surface area (Å²) >= 11 is 0. The van der Waals surface area contributed by atoms with Crippen molar-refractivity contribution in [1.82, 2.24) is 0 Å². The molecular weight excluding hydrogens is 841 g/mol. The van der Waals surface area contributed by atoms with Crippen molar-refractivity contribution in [2.24, 2.45) is 0 Å². The van der Waals surface area contributed by atoms with Gasteiger partial charge in [-0.3, -0.25) is 14.4 Å². The molecule has 0 saturated heterocycles. The van der Waals surface area contributed by atoms with Crippen molar-refractivity contribution in [2.45, 2.75) is 329 Å². The van der Waals surface area contributed by atoms with E-state index in [1.807, 2.05) is 0 Å². The van der Waals surface area contributed by atoms with Crippen molar-refractivity contribution in [3.8, 4) is 0 Å². The van der Waals surface area contributed by atoms with Gasteiger partial charge in [0.2, 0.25) is 0 Å². The Balaban J connectivity index is 4.38. The first-order chi connectivity index (χ1) is 33.5. The zero-order valence-corrected chi connectivity index (χ0v) is 45.6. The van der Waals surface area contributed by atoms with Gasteiger partial charge in [0.05, 0.1) is 0 Å². The van der Waals surface area contributed by atoms with Crippen molar-refractivity contribution >= 4 is 17.9 Å². The molecule has 0 heterocycles. The first-order valence-corrected chi connectivity index (χ1v) is 30.0. The van der Waals surface area contributed by atoms with E-state index in [2.05, 4.69) is 57.2 Å². The highest BCUT2D eigenvalue weighted by atomic mass is 16.6. The first-order valence-electron chi connectivity index (χ1n) is 30.0. The van der Waals surface area contributed by atoms with E-state index in [4.69, 9.17) is 14.2 Å². The van der Waals surface area contributed by atoms with Gasteiger partial charge in [-0.15, -0.1) is 0 Å². The minimum Gasteiger partial charge on any atom is -0.462 e. The highest BCUT2D eigenvalue weighted by Crippen LogP contribution is 2.16. The maximum atomic E-state index is 12.9. The minimum absolute atomic E-state index is 0.0802. The first kappa shape index (κ1) is 65.6. The quantitative estimate of drug-likeness (QED) is 0.0262. The molecule has 0 saturated carbocycles. The Morgan fingerprint density at radius 2 is 0.485 bits per heavy atom. The highest BCUT2D eigenvalue weighted by Gasteiger charge is 2.19. The topological polar surface area (TPSA) is 78.9 Å². The molecule has 1 unspecified atom stereocenters. The Labute approximate surface area is 423 Å². The standard InChI is InChI=1S/C62H114O6/c1-4-7-10-13-16-19-22-25-28-31-32-35-37-40-43-46-49-52-55-61(64)67-58-59(68-62(65)56-53-50-47-44-41-38-34-30-27-24-21-18-15-12-9-6-3)57-66-60(63)54-51-48-45-42-39-36-33-29-26-23-20-17-14-11-8-5-2/h29-30,32-35,59H,4-28,31,36-58H2,1-3H3/b33-29-,34-30-,35-32-. The number of esters is 3. The van der Waals surface area contributed by atoms with E-state index in [1.165, 1.54) is 205 Å². The van der Waals surface area contributed by atoms with Gasteiger partial charge in [-0.05, 0) is 96.3 Å². The van der Waals surface area contributed by atoms with Gasteiger partial charge < -0.3 is 14.2 Å². The van der Waals surface area contributed by atoms with Crippen LogP contribution in [0.1, 0.15) is 323 Å². The second kappa shape index (κ2) is 57.2.